The summed E-state index contributed by atoms with van der Waals surface area (Å²) in [5, 5.41) is 19.1. The summed E-state index contributed by atoms with van der Waals surface area (Å²) in [6, 6.07) is 4.76. The number of halogens is 1. The molecule has 194 valence electrons. The quantitative estimate of drug-likeness (QED) is 0.315. The Bertz CT molecular complexity index is 1480. The molecule has 3 aliphatic carbocycles. The molecular weight excluding hydrogens is 558 g/mol. The topological polar surface area (TPSA) is 138 Å². The lowest BCUT2D eigenvalue weighted by Crippen LogP contribution is -2.41. The molecule has 1 fully saturated rings. The molecule has 9 nitrogen and oxygen atoms in total. The molecule has 1 aromatic rings. The highest BCUT2D eigenvalue weighted by Crippen LogP contribution is 2.55. The molecule has 2 heterocycles. The summed E-state index contributed by atoms with van der Waals surface area (Å²) in [4.78, 5) is 65.4. The number of allylic oxidation sites excluding steroid dienone is 7. The van der Waals surface area contributed by atoms with Gasteiger partial charge in [0.1, 0.15) is 11.5 Å². The first-order valence-electron chi connectivity index (χ1n) is 12.3. The predicted molar refractivity (Wildman–Crippen MR) is 135 cm³/mol. The van der Waals surface area contributed by atoms with Gasteiger partial charge in [-0.1, -0.05) is 11.6 Å². The molecule has 6 rings (SSSR count). The Kier molecular flexibility index (Phi) is 5.75. The van der Waals surface area contributed by atoms with Gasteiger partial charge in [0, 0.05) is 41.7 Å². The van der Waals surface area contributed by atoms with E-state index in [9.17, 15) is 29.1 Å². The number of fused-ring (bicyclic) bond motifs is 4. The third-order valence-electron chi connectivity index (χ3n) is 8.12. The molecule has 5 aliphatic rings. The van der Waals surface area contributed by atoms with E-state index in [1.54, 1.807) is 18.4 Å². The van der Waals surface area contributed by atoms with Gasteiger partial charge in [0.05, 0.1) is 29.0 Å². The minimum atomic E-state index is -1.11. The molecule has 1 aromatic carbocycles. The summed E-state index contributed by atoms with van der Waals surface area (Å²) in [6.07, 6.45) is 5.14. The van der Waals surface area contributed by atoms with Crippen molar-refractivity contribution in [1.82, 2.24) is 4.90 Å². The summed E-state index contributed by atoms with van der Waals surface area (Å²) in [7, 11) is 0. The number of aliphatic carboxylic acids is 1. The van der Waals surface area contributed by atoms with E-state index in [4.69, 9.17) is 9.84 Å². The number of phenolic OH excluding ortho intramolecular Hbond substituents is 1. The van der Waals surface area contributed by atoms with Crippen LogP contribution < -0.4 is 4.74 Å². The van der Waals surface area contributed by atoms with E-state index >= 15 is 0 Å². The van der Waals surface area contributed by atoms with Crippen LogP contribution in [0.4, 0.5) is 0 Å². The summed E-state index contributed by atoms with van der Waals surface area (Å²) in [5.74, 6) is -4.47. The Hall–Kier alpha value is -3.79. The first kappa shape index (κ1) is 24.5. The molecule has 0 aromatic heterocycles. The lowest BCUT2D eigenvalue weighted by atomic mass is 9.59. The number of carbonyl (C=O) groups excluding carboxylic acids is 4. The van der Waals surface area contributed by atoms with Gasteiger partial charge in [-0.05, 0) is 58.5 Å². The number of Topliss-reactive ketones (excluding diaryl/α,β-unsaturated/α-hetero) is 1. The van der Waals surface area contributed by atoms with Gasteiger partial charge >= 0.3 is 5.97 Å². The minimum Gasteiger partial charge on any atom is -0.508 e. The Balaban J connectivity index is 1.44. The van der Waals surface area contributed by atoms with Crippen LogP contribution in [0.15, 0.2) is 63.4 Å². The smallest absolute Gasteiger partial charge is 0.305 e. The number of carbonyl (C=O) groups is 5. The number of carboxylic acid groups (broad SMARTS) is 1. The van der Waals surface area contributed by atoms with Crippen LogP contribution in [0.25, 0.3) is 0 Å². The molecule has 0 spiro atoms. The fraction of sp³-hybridized carbons (Fsp3) is 0.321. The maximum absolute atomic E-state index is 13.5. The van der Waals surface area contributed by atoms with Gasteiger partial charge in [-0.3, -0.25) is 28.9 Å². The first-order chi connectivity index (χ1) is 18.2. The minimum absolute atomic E-state index is 0.0713. The number of hydrogen-bond acceptors (Lipinski definition) is 7. The van der Waals surface area contributed by atoms with Crippen LogP contribution in [0.2, 0.25) is 0 Å². The Morgan fingerprint density at radius 1 is 1.13 bits per heavy atom. The lowest BCUT2D eigenvalue weighted by molar-refractivity contribution is -0.142. The molecule has 38 heavy (non-hydrogen) atoms. The van der Waals surface area contributed by atoms with E-state index in [-0.39, 0.29) is 47.6 Å². The van der Waals surface area contributed by atoms with Gasteiger partial charge in [-0.15, -0.1) is 0 Å². The molecule has 2 aliphatic heterocycles. The van der Waals surface area contributed by atoms with Crippen LogP contribution >= 0.6 is 15.9 Å². The molecule has 4 unspecified atom stereocenters. The van der Waals surface area contributed by atoms with E-state index < -0.39 is 41.5 Å². The molecule has 2 amide bonds. The van der Waals surface area contributed by atoms with E-state index in [2.05, 4.69) is 15.9 Å². The summed E-state index contributed by atoms with van der Waals surface area (Å²) in [5.41, 5.74) is 2.87. The second-order valence-corrected chi connectivity index (χ2v) is 11.0. The van der Waals surface area contributed by atoms with Crippen molar-refractivity contribution in [3.05, 3.63) is 69.0 Å². The van der Waals surface area contributed by atoms with Crippen molar-refractivity contribution in [2.45, 2.75) is 25.7 Å². The van der Waals surface area contributed by atoms with Crippen LogP contribution in [-0.2, 0) is 30.4 Å². The van der Waals surface area contributed by atoms with Crippen molar-refractivity contribution in [2.75, 3.05) is 6.54 Å². The monoisotopic (exact) mass is 579 g/mol. The predicted octanol–water partition coefficient (Wildman–Crippen LogP) is 2.98. The standard InChI is InChI=1S/C28H22BrNO8/c29-19-10-20(32)25-18(26(19)35)9-17-15(23(25)13-7-12-8-14(31)1-4-21(12)38-11-13)2-3-16-24(17)28(37)30(27(16)36)6-5-22(33)34/h1-2,4,8,10-11,16-17,23-24,31H,3,5-7,9H2,(H,33,34). The largest absolute Gasteiger partial charge is 0.508 e. The van der Waals surface area contributed by atoms with Crippen molar-refractivity contribution in [1.29, 1.82) is 0 Å². The Labute approximate surface area is 225 Å². The number of ketones is 2. The molecular formula is C28H22BrNO8. The zero-order chi connectivity index (χ0) is 26.9. The Morgan fingerprint density at radius 3 is 2.68 bits per heavy atom. The number of amides is 2. The zero-order valence-corrected chi connectivity index (χ0v) is 21.6. The highest BCUT2D eigenvalue weighted by Gasteiger charge is 2.56. The summed E-state index contributed by atoms with van der Waals surface area (Å²) in [6.45, 7) is -0.204. The molecule has 2 N–H and O–H groups in total. The second-order valence-electron chi connectivity index (χ2n) is 10.1. The van der Waals surface area contributed by atoms with Crippen LogP contribution in [0.5, 0.6) is 11.5 Å². The average molecular weight is 580 g/mol. The number of ether oxygens (including phenoxy) is 1. The number of likely N-dealkylation sites (tertiary alicyclic amines) is 1. The number of benzene rings is 1. The molecule has 0 bridgehead atoms. The van der Waals surface area contributed by atoms with Gasteiger partial charge in [-0.25, -0.2) is 0 Å². The van der Waals surface area contributed by atoms with E-state index in [1.807, 2.05) is 6.08 Å². The van der Waals surface area contributed by atoms with Gasteiger partial charge < -0.3 is 14.9 Å². The maximum atomic E-state index is 13.5. The van der Waals surface area contributed by atoms with Crippen molar-refractivity contribution >= 4 is 45.3 Å². The van der Waals surface area contributed by atoms with Gasteiger partial charge in [0.25, 0.3) is 0 Å². The molecule has 10 heteroatoms. The normalized spacial score (nSPS) is 28.0. The second kappa shape index (κ2) is 8.90. The maximum Gasteiger partial charge on any atom is 0.305 e. The van der Waals surface area contributed by atoms with E-state index in [1.165, 1.54) is 12.1 Å². The van der Waals surface area contributed by atoms with Crippen molar-refractivity contribution in [3.8, 4) is 11.5 Å². The number of aromatic hydroxyl groups is 1. The van der Waals surface area contributed by atoms with Crippen LogP contribution in [0, 0.1) is 23.7 Å². The van der Waals surface area contributed by atoms with Gasteiger partial charge in [0.15, 0.2) is 11.6 Å². The lowest BCUT2D eigenvalue weighted by Gasteiger charge is -2.43. The van der Waals surface area contributed by atoms with Crippen molar-refractivity contribution in [3.63, 3.8) is 0 Å². The first-order valence-corrected chi connectivity index (χ1v) is 13.1. The van der Waals surface area contributed by atoms with Crippen molar-refractivity contribution < 1.29 is 38.9 Å². The van der Waals surface area contributed by atoms with Gasteiger partial charge in [-0.2, -0.15) is 0 Å². The highest BCUT2D eigenvalue weighted by molar-refractivity contribution is 9.12. The summed E-state index contributed by atoms with van der Waals surface area (Å²) >= 11 is 3.20. The molecule has 0 saturated carbocycles. The highest BCUT2D eigenvalue weighted by atomic mass is 79.9. The number of imide groups is 1. The molecule has 4 atom stereocenters. The SMILES string of the molecule is O=C(O)CCN1C(=O)C2CC=C3C(C4=COc5ccc(O)cc5C4)C4=C(CC3C2C1=O)C(=O)C(Br)=CC4=O. The third kappa shape index (κ3) is 3.69. The van der Waals surface area contributed by atoms with Crippen LogP contribution in [-0.4, -0.2) is 51.0 Å². The zero-order valence-electron chi connectivity index (χ0n) is 20.0. The summed E-state index contributed by atoms with van der Waals surface area (Å²) < 4.78 is 5.99. The molecule has 0 radical (unpaired) electrons. The average Bonchev–Trinajstić information content (AvgIpc) is 3.13. The fourth-order valence-electron chi connectivity index (χ4n) is 6.51. The number of nitrogens with zero attached hydrogens (tertiary/aromatic N) is 1. The molecule has 1 saturated heterocycles. The number of hydrogen-bond donors (Lipinski definition) is 2. The van der Waals surface area contributed by atoms with Crippen LogP contribution in [0.1, 0.15) is 24.8 Å². The Morgan fingerprint density at radius 2 is 1.92 bits per heavy atom. The van der Waals surface area contributed by atoms with E-state index in [0.29, 0.717) is 28.9 Å². The van der Waals surface area contributed by atoms with Crippen molar-refractivity contribution in [2.24, 2.45) is 23.7 Å². The van der Waals surface area contributed by atoms with E-state index in [0.717, 1.165) is 16.0 Å². The fourth-order valence-corrected chi connectivity index (χ4v) is 6.96. The number of carboxylic acids is 1. The number of phenols is 1. The third-order valence-corrected chi connectivity index (χ3v) is 8.71. The number of rotatable bonds is 4. The van der Waals surface area contributed by atoms with Crippen LogP contribution in [0.3, 0.4) is 0 Å². The van der Waals surface area contributed by atoms with Gasteiger partial charge in [0.2, 0.25) is 11.8 Å².